The number of hydrogen-bond donors (Lipinski definition) is 1. The van der Waals surface area contributed by atoms with Gasteiger partial charge in [-0.2, -0.15) is 0 Å². The number of rotatable bonds is 7. The Morgan fingerprint density at radius 2 is 2.22 bits per heavy atom. The molecule has 106 valence electrons. The number of nitrogens with zero attached hydrogens (tertiary/aromatic N) is 1. The van der Waals surface area contributed by atoms with Gasteiger partial charge in [0.25, 0.3) is 0 Å². The van der Waals surface area contributed by atoms with Gasteiger partial charge in [-0.15, -0.1) is 0 Å². The second-order valence-electron chi connectivity index (χ2n) is 4.58. The van der Waals surface area contributed by atoms with Crippen molar-refractivity contribution in [1.29, 1.82) is 0 Å². The number of aliphatic hydroxyl groups is 1. The minimum absolute atomic E-state index is 0.0193. The minimum Gasteiger partial charge on any atom is -0.464 e. The fourth-order valence-corrected chi connectivity index (χ4v) is 2.28. The van der Waals surface area contributed by atoms with Crippen LogP contribution < -0.4 is 0 Å². The lowest BCUT2D eigenvalue weighted by atomic mass is 10.1. The van der Waals surface area contributed by atoms with E-state index in [1.165, 1.54) is 19.3 Å². The van der Waals surface area contributed by atoms with E-state index in [4.69, 9.17) is 9.47 Å². The Kier molecular flexibility index (Phi) is 7.96. The van der Waals surface area contributed by atoms with Crippen molar-refractivity contribution in [3.05, 3.63) is 0 Å². The van der Waals surface area contributed by atoms with Crippen LogP contribution in [0.25, 0.3) is 0 Å². The molecular weight excluding hydrogens is 234 g/mol. The smallest absolute Gasteiger partial charge is 0.332 e. The number of aliphatic hydroxyl groups excluding tert-OH is 1. The summed E-state index contributed by atoms with van der Waals surface area (Å²) in [6, 6.07) is 0.249. The van der Waals surface area contributed by atoms with E-state index in [9.17, 15) is 9.90 Å². The van der Waals surface area contributed by atoms with Crippen molar-refractivity contribution >= 4 is 5.97 Å². The van der Waals surface area contributed by atoms with Crippen molar-refractivity contribution in [2.24, 2.45) is 0 Å². The molecule has 0 aliphatic carbocycles. The Balaban J connectivity index is 2.17. The Morgan fingerprint density at radius 1 is 1.39 bits per heavy atom. The lowest BCUT2D eigenvalue weighted by molar-refractivity contribution is -0.148. The van der Waals surface area contributed by atoms with Gasteiger partial charge >= 0.3 is 5.97 Å². The third-order valence-electron chi connectivity index (χ3n) is 3.26. The van der Waals surface area contributed by atoms with Gasteiger partial charge in [-0.3, -0.25) is 4.90 Å². The molecule has 1 unspecified atom stereocenters. The van der Waals surface area contributed by atoms with Crippen molar-refractivity contribution in [1.82, 2.24) is 4.90 Å². The summed E-state index contributed by atoms with van der Waals surface area (Å²) in [5.74, 6) is -0.313. The van der Waals surface area contributed by atoms with E-state index >= 15 is 0 Å². The molecule has 5 heteroatoms. The van der Waals surface area contributed by atoms with Crippen LogP contribution in [0.2, 0.25) is 0 Å². The minimum atomic E-state index is -0.313. The Hall–Kier alpha value is -0.650. The molecule has 18 heavy (non-hydrogen) atoms. The highest BCUT2D eigenvalue weighted by Gasteiger charge is 2.19. The van der Waals surface area contributed by atoms with Gasteiger partial charge in [0.1, 0.15) is 6.61 Å². The standard InChI is InChI=1S/C13H25NO4/c1-2-18-13(16)11-17-9-8-14-7-5-3-4-6-12(14)10-15/h12,15H,2-11H2,1H3. The lowest BCUT2D eigenvalue weighted by Crippen LogP contribution is -2.39. The first-order valence-corrected chi connectivity index (χ1v) is 6.86. The molecule has 1 aliphatic rings. The van der Waals surface area contributed by atoms with E-state index < -0.39 is 0 Å². The van der Waals surface area contributed by atoms with Crippen LogP contribution in [-0.4, -0.2) is 61.5 Å². The number of esters is 1. The van der Waals surface area contributed by atoms with Crippen LogP contribution in [0.1, 0.15) is 32.6 Å². The predicted octanol–water partition coefficient (Wildman–Crippen LogP) is 0.803. The van der Waals surface area contributed by atoms with Crippen LogP contribution in [0.3, 0.4) is 0 Å². The van der Waals surface area contributed by atoms with Crippen molar-refractivity contribution in [3.63, 3.8) is 0 Å². The molecule has 1 aliphatic heterocycles. The summed E-state index contributed by atoms with van der Waals surface area (Å²) >= 11 is 0. The number of carbonyl (C=O) groups excluding carboxylic acids is 1. The molecule has 1 saturated heterocycles. The molecule has 0 saturated carbocycles. The maximum Gasteiger partial charge on any atom is 0.332 e. The second kappa shape index (κ2) is 9.30. The van der Waals surface area contributed by atoms with Gasteiger partial charge in [0.2, 0.25) is 0 Å². The zero-order valence-corrected chi connectivity index (χ0v) is 11.3. The molecule has 0 aromatic heterocycles. The molecule has 1 atom stereocenters. The van der Waals surface area contributed by atoms with Crippen LogP contribution in [0, 0.1) is 0 Å². The highest BCUT2D eigenvalue weighted by Crippen LogP contribution is 2.15. The molecule has 1 rings (SSSR count). The third kappa shape index (κ3) is 5.80. The molecule has 0 spiro atoms. The predicted molar refractivity (Wildman–Crippen MR) is 68.4 cm³/mol. The molecule has 0 aromatic carbocycles. The summed E-state index contributed by atoms with van der Waals surface area (Å²) in [7, 11) is 0. The van der Waals surface area contributed by atoms with Gasteiger partial charge in [-0.25, -0.2) is 4.79 Å². The van der Waals surface area contributed by atoms with Crippen LogP contribution in [0.5, 0.6) is 0 Å². The average Bonchev–Trinajstić information content (AvgIpc) is 2.60. The molecule has 0 bridgehead atoms. The second-order valence-corrected chi connectivity index (χ2v) is 4.58. The lowest BCUT2D eigenvalue weighted by Gasteiger charge is -2.28. The molecule has 0 aromatic rings. The Morgan fingerprint density at radius 3 is 2.94 bits per heavy atom. The normalized spacial score (nSPS) is 21.6. The first-order valence-electron chi connectivity index (χ1n) is 6.86. The summed E-state index contributed by atoms with van der Waals surface area (Å²) in [4.78, 5) is 13.3. The molecule has 1 heterocycles. The van der Waals surface area contributed by atoms with Gasteiger partial charge in [-0.1, -0.05) is 12.8 Å². The van der Waals surface area contributed by atoms with Crippen LogP contribution in [0.4, 0.5) is 0 Å². The largest absolute Gasteiger partial charge is 0.464 e. The molecule has 1 fully saturated rings. The topological polar surface area (TPSA) is 59.0 Å². The average molecular weight is 259 g/mol. The third-order valence-corrected chi connectivity index (χ3v) is 3.26. The molecule has 0 amide bonds. The van der Waals surface area contributed by atoms with E-state index in [0.29, 0.717) is 13.2 Å². The van der Waals surface area contributed by atoms with Crippen molar-refractivity contribution in [3.8, 4) is 0 Å². The fraction of sp³-hybridized carbons (Fsp3) is 0.923. The number of ether oxygens (including phenoxy) is 2. The van der Waals surface area contributed by atoms with Crippen LogP contribution in [0.15, 0.2) is 0 Å². The fourth-order valence-electron chi connectivity index (χ4n) is 2.28. The molecule has 5 nitrogen and oxygen atoms in total. The van der Waals surface area contributed by atoms with Gasteiger partial charge in [0, 0.05) is 12.6 Å². The summed E-state index contributed by atoms with van der Waals surface area (Å²) in [5, 5.41) is 9.34. The van der Waals surface area contributed by atoms with E-state index in [1.54, 1.807) is 6.92 Å². The van der Waals surface area contributed by atoms with Gasteiger partial charge in [0.05, 0.1) is 19.8 Å². The van der Waals surface area contributed by atoms with E-state index in [1.807, 2.05) is 0 Å². The zero-order valence-electron chi connectivity index (χ0n) is 11.3. The SMILES string of the molecule is CCOC(=O)COCCN1CCCCCC1CO. The van der Waals surface area contributed by atoms with Crippen molar-refractivity contribution in [2.45, 2.75) is 38.6 Å². The molecule has 0 radical (unpaired) electrons. The monoisotopic (exact) mass is 259 g/mol. The summed E-state index contributed by atoms with van der Waals surface area (Å²) in [5.41, 5.74) is 0. The summed E-state index contributed by atoms with van der Waals surface area (Å²) in [6.45, 7) is 4.68. The highest BCUT2D eigenvalue weighted by atomic mass is 16.6. The Bertz CT molecular complexity index is 235. The van der Waals surface area contributed by atoms with Crippen LogP contribution >= 0.6 is 0 Å². The maximum atomic E-state index is 11.1. The quantitative estimate of drug-likeness (QED) is 0.541. The first-order chi connectivity index (χ1) is 8.77. The number of hydrogen-bond acceptors (Lipinski definition) is 5. The summed E-state index contributed by atoms with van der Waals surface area (Å²) in [6.07, 6.45) is 4.64. The number of carbonyl (C=O) groups is 1. The van der Waals surface area contributed by atoms with Crippen molar-refractivity contribution in [2.75, 3.05) is 39.5 Å². The first kappa shape index (κ1) is 15.4. The number of likely N-dealkylation sites (tertiary alicyclic amines) is 1. The van der Waals surface area contributed by atoms with Crippen molar-refractivity contribution < 1.29 is 19.4 Å². The van der Waals surface area contributed by atoms with Gasteiger partial charge in [-0.05, 0) is 26.3 Å². The maximum absolute atomic E-state index is 11.1. The highest BCUT2D eigenvalue weighted by molar-refractivity contribution is 5.70. The van der Waals surface area contributed by atoms with Gasteiger partial charge < -0.3 is 14.6 Å². The zero-order chi connectivity index (χ0) is 13.2. The van der Waals surface area contributed by atoms with E-state index in [0.717, 1.165) is 19.5 Å². The Labute approximate surface area is 109 Å². The van der Waals surface area contributed by atoms with Crippen LogP contribution in [-0.2, 0) is 14.3 Å². The van der Waals surface area contributed by atoms with E-state index in [-0.39, 0.29) is 25.2 Å². The summed E-state index contributed by atoms with van der Waals surface area (Å²) < 4.78 is 10.1. The van der Waals surface area contributed by atoms with Gasteiger partial charge in [0.15, 0.2) is 0 Å². The molecule has 1 N–H and O–H groups in total. The molecular formula is C13H25NO4. The van der Waals surface area contributed by atoms with E-state index in [2.05, 4.69) is 4.90 Å².